The summed E-state index contributed by atoms with van der Waals surface area (Å²) in [4.78, 5) is 18.9. The molecule has 7 heteroatoms. The van der Waals surface area contributed by atoms with Crippen LogP contribution in [0.1, 0.15) is 49.7 Å². The van der Waals surface area contributed by atoms with Crippen molar-refractivity contribution in [2.45, 2.75) is 57.5 Å². The first-order chi connectivity index (χ1) is 14.1. The standard InChI is InChI=1S/C22H34N4O3/c1-23-22(25-18-7-4-5-8-18)24-11-6-9-21(27)26-12-10-16-13-19(28-2)20(29-3)14-17(16)15-26/h13-14,18H,4-12,15H2,1-3H3,(H2,23,24,25). The number of rotatable bonds is 7. The van der Waals surface area contributed by atoms with E-state index in [1.807, 2.05) is 17.0 Å². The van der Waals surface area contributed by atoms with E-state index < -0.39 is 0 Å². The molecule has 0 unspecified atom stereocenters. The summed E-state index contributed by atoms with van der Waals surface area (Å²) in [7, 11) is 5.08. The second-order valence-corrected chi connectivity index (χ2v) is 7.77. The van der Waals surface area contributed by atoms with Crippen LogP contribution in [0.2, 0.25) is 0 Å². The average molecular weight is 403 g/mol. The molecule has 1 aliphatic carbocycles. The van der Waals surface area contributed by atoms with Crippen LogP contribution in [0.3, 0.4) is 0 Å². The third-order valence-electron chi connectivity index (χ3n) is 5.85. The summed E-state index contributed by atoms with van der Waals surface area (Å²) in [5.74, 6) is 2.51. The van der Waals surface area contributed by atoms with Gasteiger partial charge in [0.05, 0.1) is 14.2 Å². The molecule has 1 aromatic rings. The van der Waals surface area contributed by atoms with Gasteiger partial charge in [-0.25, -0.2) is 0 Å². The number of fused-ring (bicyclic) bond motifs is 1. The first-order valence-corrected chi connectivity index (χ1v) is 10.6. The minimum Gasteiger partial charge on any atom is -0.493 e. The number of ether oxygens (including phenoxy) is 2. The minimum atomic E-state index is 0.200. The van der Waals surface area contributed by atoms with E-state index in [2.05, 4.69) is 15.6 Å². The zero-order valence-corrected chi connectivity index (χ0v) is 17.9. The zero-order chi connectivity index (χ0) is 20.6. The molecule has 0 spiro atoms. The molecule has 7 nitrogen and oxygen atoms in total. The molecule has 29 heavy (non-hydrogen) atoms. The third kappa shape index (κ3) is 5.55. The number of benzene rings is 1. The second-order valence-electron chi connectivity index (χ2n) is 7.77. The summed E-state index contributed by atoms with van der Waals surface area (Å²) < 4.78 is 10.8. The molecular formula is C22H34N4O3. The van der Waals surface area contributed by atoms with Crippen molar-refractivity contribution in [3.05, 3.63) is 23.3 Å². The van der Waals surface area contributed by atoms with E-state index >= 15 is 0 Å². The smallest absolute Gasteiger partial charge is 0.222 e. The van der Waals surface area contributed by atoms with Gasteiger partial charge in [0.25, 0.3) is 0 Å². The quantitative estimate of drug-likeness (QED) is 0.416. The number of guanidine groups is 1. The third-order valence-corrected chi connectivity index (χ3v) is 5.85. The van der Waals surface area contributed by atoms with Crippen molar-refractivity contribution in [2.24, 2.45) is 4.99 Å². The Morgan fingerprint density at radius 3 is 2.52 bits per heavy atom. The maximum absolute atomic E-state index is 12.7. The normalized spacial score (nSPS) is 17.1. The summed E-state index contributed by atoms with van der Waals surface area (Å²) in [6.45, 7) is 2.13. The van der Waals surface area contributed by atoms with Crippen molar-refractivity contribution in [3.63, 3.8) is 0 Å². The number of carbonyl (C=O) groups excluding carboxylic acids is 1. The van der Waals surface area contributed by atoms with Crippen LogP contribution in [0, 0.1) is 0 Å². The molecule has 1 aliphatic heterocycles. The van der Waals surface area contributed by atoms with Gasteiger partial charge in [-0.2, -0.15) is 0 Å². The van der Waals surface area contributed by atoms with Crippen LogP contribution in [0.4, 0.5) is 0 Å². The Kier molecular flexibility index (Phi) is 7.61. The minimum absolute atomic E-state index is 0.200. The Labute approximate surface area is 173 Å². The topological polar surface area (TPSA) is 75.2 Å². The van der Waals surface area contributed by atoms with Gasteiger partial charge in [-0.05, 0) is 48.9 Å². The van der Waals surface area contributed by atoms with Crippen molar-refractivity contribution in [3.8, 4) is 11.5 Å². The number of hydrogen-bond donors (Lipinski definition) is 2. The number of amides is 1. The van der Waals surface area contributed by atoms with Crippen molar-refractivity contribution in [1.82, 2.24) is 15.5 Å². The van der Waals surface area contributed by atoms with E-state index in [-0.39, 0.29) is 5.91 Å². The fourth-order valence-corrected chi connectivity index (χ4v) is 4.16. The van der Waals surface area contributed by atoms with Crippen molar-refractivity contribution < 1.29 is 14.3 Å². The van der Waals surface area contributed by atoms with E-state index in [0.717, 1.165) is 43.2 Å². The zero-order valence-electron chi connectivity index (χ0n) is 17.9. The fourth-order valence-electron chi connectivity index (χ4n) is 4.16. The Morgan fingerprint density at radius 1 is 1.17 bits per heavy atom. The van der Waals surface area contributed by atoms with Gasteiger partial charge in [0.2, 0.25) is 5.91 Å². The highest BCUT2D eigenvalue weighted by molar-refractivity contribution is 5.80. The average Bonchev–Trinajstić information content (AvgIpc) is 3.27. The maximum Gasteiger partial charge on any atom is 0.222 e. The Hall–Kier alpha value is -2.44. The largest absolute Gasteiger partial charge is 0.493 e. The lowest BCUT2D eigenvalue weighted by molar-refractivity contribution is -0.132. The molecule has 3 rings (SSSR count). The highest BCUT2D eigenvalue weighted by atomic mass is 16.5. The first kappa shape index (κ1) is 21.3. The summed E-state index contributed by atoms with van der Waals surface area (Å²) >= 11 is 0. The Balaban J connectivity index is 1.44. The molecule has 2 aliphatic rings. The molecule has 0 aromatic heterocycles. The van der Waals surface area contributed by atoms with Crippen LogP contribution in [0.15, 0.2) is 17.1 Å². The van der Waals surface area contributed by atoms with E-state index in [0.29, 0.717) is 24.8 Å². The summed E-state index contributed by atoms with van der Waals surface area (Å²) in [6, 6.07) is 4.56. The van der Waals surface area contributed by atoms with E-state index in [4.69, 9.17) is 9.47 Å². The predicted octanol–water partition coefficient (Wildman–Crippen LogP) is 2.48. The van der Waals surface area contributed by atoms with Gasteiger partial charge < -0.3 is 25.0 Å². The molecule has 160 valence electrons. The first-order valence-electron chi connectivity index (χ1n) is 10.6. The summed E-state index contributed by atoms with van der Waals surface area (Å²) in [6.07, 6.45) is 7.19. The molecule has 1 saturated carbocycles. The number of nitrogens with zero attached hydrogens (tertiary/aromatic N) is 2. The van der Waals surface area contributed by atoms with E-state index in [9.17, 15) is 4.79 Å². The number of hydrogen-bond acceptors (Lipinski definition) is 4. The van der Waals surface area contributed by atoms with Gasteiger partial charge in [-0.3, -0.25) is 9.79 Å². The maximum atomic E-state index is 12.7. The molecular weight excluding hydrogens is 368 g/mol. The van der Waals surface area contributed by atoms with Crippen LogP contribution in [-0.4, -0.2) is 57.2 Å². The molecule has 0 bridgehead atoms. The summed E-state index contributed by atoms with van der Waals surface area (Å²) in [5.41, 5.74) is 2.37. The summed E-state index contributed by atoms with van der Waals surface area (Å²) in [5, 5.41) is 6.81. The number of methoxy groups -OCH3 is 2. The SMILES string of the molecule is CN=C(NCCCC(=O)N1CCc2cc(OC)c(OC)cc2C1)NC1CCCC1. The molecule has 2 N–H and O–H groups in total. The molecule has 1 amide bonds. The molecule has 1 fully saturated rings. The van der Waals surface area contributed by atoms with Crippen LogP contribution < -0.4 is 20.1 Å². The van der Waals surface area contributed by atoms with Crippen molar-refractivity contribution in [1.29, 1.82) is 0 Å². The van der Waals surface area contributed by atoms with Gasteiger partial charge in [-0.1, -0.05) is 12.8 Å². The van der Waals surface area contributed by atoms with Crippen LogP contribution in [0.25, 0.3) is 0 Å². The van der Waals surface area contributed by atoms with E-state index in [1.165, 1.54) is 31.2 Å². The Morgan fingerprint density at radius 2 is 1.86 bits per heavy atom. The molecule has 0 atom stereocenters. The van der Waals surface area contributed by atoms with Crippen molar-refractivity contribution >= 4 is 11.9 Å². The molecule has 1 aromatic carbocycles. The number of aliphatic imine (C=N–C) groups is 1. The second kappa shape index (κ2) is 10.4. The monoisotopic (exact) mass is 402 g/mol. The fraction of sp³-hybridized carbons (Fsp3) is 0.636. The molecule has 0 saturated heterocycles. The highest BCUT2D eigenvalue weighted by Crippen LogP contribution is 2.33. The van der Waals surface area contributed by atoms with Gasteiger partial charge in [0.15, 0.2) is 17.5 Å². The lowest BCUT2D eigenvalue weighted by atomic mass is 9.98. The molecule has 0 radical (unpaired) electrons. The van der Waals surface area contributed by atoms with Gasteiger partial charge in [0, 0.05) is 39.1 Å². The Bertz CT molecular complexity index is 729. The van der Waals surface area contributed by atoms with Crippen LogP contribution in [0.5, 0.6) is 11.5 Å². The molecule has 1 heterocycles. The lowest BCUT2D eigenvalue weighted by Crippen LogP contribution is -2.43. The van der Waals surface area contributed by atoms with Gasteiger partial charge in [0.1, 0.15) is 0 Å². The van der Waals surface area contributed by atoms with Crippen molar-refractivity contribution in [2.75, 3.05) is 34.4 Å². The van der Waals surface area contributed by atoms with Gasteiger partial charge >= 0.3 is 0 Å². The van der Waals surface area contributed by atoms with Gasteiger partial charge in [-0.15, -0.1) is 0 Å². The predicted molar refractivity (Wildman–Crippen MR) is 115 cm³/mol. The number of carbonyl (C=O) groups is 1. The van der Waals surface area contributed by atoms with Crippen LogP contribution in [-0.2, 0) is 17.8 Å². The van der Waals surface area contributed by atoms with E-state index in [1.54, 1.807) is 21.3 Å². The van der Waals surface area contributed by atoms with Crippen LogP contribution >= 0.6 is 0 Å². The highest BCUT2D eigenvalue weighted by Gasteiger charge is 2.22. The number of nitrogens with one attached hydrogen (secondary N) is 2. The lowest BCUT2D eigenvalue weighted by Gasteiger charge is -2.29.